The number of benzene rings is 1. The molecule has 0 heterocycles. The van der Waals surface area contributed by atoms with Crippen molar-refractivity contribution < 1.29 is 23.8 Å². The standard InChI is InChI=1S/C12H15NO5S/c1-16-11(14)13-9-5-3-4-6-10(9)19-8-7-18-12(15)17-2/h3-6H,7-8H2,1-2H3,(H,13,14). The van der Waals surface area contributed by atoms with E-state index in [4.69, 9.17) is 4.74 Å². The first-order valence-electron chi connectivity index (χ1n) is 5.45. The van der Waals surface area contributed by atoms with Crippen LogP contribution in [0.15, 0.2) is 29.2 Å². The fourth-order valence-corrected chi connectivity index (χ4v) is 2.03. The van der Waals surface area contributed by atoms with Gasteiger partial charge < -0.3 is 14.2 Å². The Kier molecular flexibility index (Phi) is 6.59. The molecule has 0 atom stereocenters. The van der Waals surface area contributed by atoms with Gasteiger partial charge in [-0.25, -0.2) is 9.59 Å². The summed E-state index contributed by atoms with van der Waals surface area (Å²) in [6.45, 7) is 0.226. The van der Waals surface area contributed by atoms with Crippen molar-refractivity contribution in [1.82, 2.24) is 0 Å². The summed E-state index contributed by atoms with van der Waals surface area (Å²) in [7, 11) is 2.56. The largest absolute Gasteiger partial charge is 0.508 e. The van der Waals surface area contributed by atoms with Gasteiger partial charge in [0, 0.05) is 10.6 Å². The van der Waals surface area contributed by atoms with E-state index >= 15 is 0 Å². The van der Waals surface area contributed by atoms with Crippen molar-refractivity contribution >= 4 is 29.7 Å². The van der Waals surface area contributed by atoms with Gasteiger partial charge in [0.1, 0.15) is 6.61 Å². The van der Waals surface area contributed by atoms with E-state index in [0.717, 1.165) is 4.90 Å². The normalized spacial score (nSPS) is 9.58. The fourth-order valence-electron chi connectivity index (χ4n) is 1.19. The number of carbonyl (C=O) groups is 2. The number of thioether (sulfide) groups is 1. The predicted octanol–water partition coefficient (Wildman–Crippen LogP) is 2.74. The summed E-state index contributed by atoms with van der Waals surface area (Å²) in [5.74, 6) is 0.551. The Morgan fingerprint density at radius 2 is 1.95 bits per heavy atom. The Labute approximate surface area is 115 Å². The van der Waals surface area contributed by atoms with Crippen molar-refractivity contribution in [3.63, 3.8) is 0 Å². The second kappa shape index (κ2) is 8.25. The monoisotopic (exact) mass is 285 g/mol. The molecule has 0 aliphatic carbocycles. The van der Waals surface area contributed by atoms with Crippen LogP contribution in [0.4, 0.5) is 15.3 Å². The van der Waals surface area contributed by atoms with Crippen LogP contribution >= 0.6 is 11.8 Å². The van der Waals surface area contributed by atoms with Crippen molar-refractivity contribution in [2.24, 2.45) is 0 Å². The van der Waals surface area contributed by atoms with Crippen LogP contribution in [0.3, 0.4) is 0 Å². The number of hydrogen-bond donors (Lipinski definition) is 1. The summed E-state index contributed by atoms with van der Waals surface area (Å²) < 4.78 is 13.6. The molecular weight excluding hydrogens is 270 g/mol. The molecule has 1 rings (SSSR count). The van der Waals surface area contributed by atoms with E-state index in [9.17, 15) is 9.59 Å². The highest BCUT2D eigenvalue weighted by Gasteiger charge is 2.07. The van der Waals surface area contributed by atoms with Crippen LogP contribution in [0.1, 0.15) is 0 Å². The number of hydrogen-bond acceptors (Lipinski definition) is 6. The third-order valence-corrected chi connectivity index (χ3v) is 3.07. The first-order chi connectivity index (χ1) is 9.17. The maximum Gasteiger partial charge on any atom is 0.508 e. The quantitative estimate of drug-likeness (QED) is 0.509. The summed E-state index contributed by atoms with van der Waals surface area (Å²) in [5, 5.41) is 2.61. The van der Waals surface area contributed by atoms with Crippen LogP contribution in [0.2, 0.25) is 0 Å². The molecule has 1 aromatic rings. The number of ether oxygens (including phenoxy) is 3. The second-order valence-electron chi connectivity index (χ2n) is 3.26. The van der Waals surface area contributed by atoms with Crippen molar-refractivity contribution in [3.8, 4) is 0 Å². The molecule has 6 nitrogen and oxygen atoms in total. The predicted molar refractivity (Wildman–Crippen MR) is 71.6 cm³/mol. The molecule has 0 saturated carbocycles. The van der Waals surface area contributed by atoms with E-state index in [1.54, 1.807) is 12.1 Å². The maximum atomic E-state index is 11.2. The molecule has 1 aromatic carbocycles. The van der Waals surface area contributed by atoms with Gasteiger partial charge in [-0.1, -0.05) is 12.1 Å². The summed E-state index contributed by atoms with van der Waals surface area (Å²) in [5.41, 5.74) is 0.650. The average Bonchev–Trinajstić information content (AvgIpc) is 2.44. The number of methoxy groups -OCH3 is 2. The molecule has 0 bridgehead atoms. The maximum absolute atomic E-state index is 11.2. The van der Waals surface area contributed by atoms with Crippen molar-refractivity contribution in [2.75, 3.05) is 31.9 Å². The first-order valence-corrected chi connectivity index (χ1v) is 6.43. The lowest BCUT2D eigenvalue weighted by molar-refractivity contribution is 0.0779. The topological polar surface area (TPSA) is 73.9 Å². The molecule has 0 fully saturated rings. The zero-order valence-electron chi connectivity index (χ0n) is 10.7. The average molecular weight is 285 g/mol. The molecule has 7 heteroatoms. The smallest absolute Gasteiger partial charge is 0.453 e. The van der Waals surface area contributed by atoms with Crippen molar-refractivity contribution in [1.29, 1.82) is 0 Å². The minimum atomic E-state index is -0.707. The highest BCUT2D eigenvalue weighted by atomic mass is 32.2. The zero-order chi connectivity index (χ0) is 14.1. The number of rotatable bonds is 5. The highest BCUT2D eigenvalue weighted by molar-refractivity contribution is 7.99. The van der Waals surface area contributed by atoms with Gasteiger partial charge in [0.2, 0.25) is 0 Å². The van der Waals surface area contributed by atoms with E-state index < -0.39 is 12.2 Å². The molecule has 0 spiro atoms. The van der Waals surface area contributed by atoms with Crippen LogP contribution in [0, 0.1) is 0 Å². The Morgan fingerprint density at radius 3 is 2.63 bits per heavy atom. The lowest BCUT2D eigenvalue weighted by Crippen LogP contribution is -2.11. The van der Waals surface area contributed by atoms with Crippen LogP contribution in [-0.2, 0) is 14.2 Å². The number of para-hydroxylation sites is 1. The molecule has 104 valence electrons. The van der Waals surface area contributed by atoms with Gasteiger partial charge in [-0.3, -0.25) is 5.32 Å². The second-order valence-corrected chi connectivity index (χ2v) is 4.40. The van der Waals surface area contributed by atoms with Gasteiger partial charge in [0.05, 0.1) is 19.9 Å². The van der Waals surface area contributed by atoms with Crippen LogP contribution < -0.4 is 5.32 Å². The molecule has 1 N–H and O–H groups in total. The molecule has 0 aliphatic rings. The van der Waals surface area contributed by atoms with E-state index in [0.29, 0.717) is 11.4 Å². The van der Waals surface area contributed by atoms with Gasteiger partial charge in [0.25, 0.3) is 0 Å². The molecular formula is C12H15NO5S. The van der Waals surface area contributed by atoms with Gasteiger partial charge >= 0.3 is 12.2 Å². The number of anilines is 1. The number of amides is 1. The van der Waals surface area contributed by atoms with E-state index in [1.807, 2.05) is 12.1 Å². The molecule has 1 amide bonds. The Morgan fingerprint density at radius 1 is 1.21 bits per heavy atom. The number of nitrogens with one attached hydrogen (secondary N) is 1. The molecule has 0 unspecified atom stereocenters. The lowest BCUT2D eigenvalue weighted by atomic mass is 10.3. The molecule has 0 aliphatic heterocycles. The van der Waals surface area contributed by atoms with E-state index in [-0.39, 0.29) is 6.61 Å². The SMILES string of the molecule is COC(=O)Nc1ccccc1SCCOC(=O)OC. The van der Waals surface area contributed by atoms with Crippen LogP contribution in [0.25, 0.3) is 0 Å². The van der Waals surface area contributed by atoms with Gasteiger partial charge in [-0.15, -0.1) is 11.8 Å². The molecule has 0 radical (unpaired) electrons. The first kappa shape index (κ1) is 15.2. The summed E-state index contributed by atoms with van der Waals surface area (Å²) >= 11 is 1.45. The van der Waals surface area contributed by atoms with Gasteiger partial charge in [-0.2, -0.15) is 0 Å². The Bertz CT molecular complexity index is 438. The third-order valence-electron chi connectivity index (χ3n) is 2.04. The molecule has 19 heavy (non-hydrogen) atoms. The molecule has 0 aromatic heterocycles. The van der Waals surface area contributed by atoms with Crippen LogP contribution in [-0.4, -0.2) is 38.8 Å². The minimum absolute atomic E-state index is 0.226. The highest BCUT2D eigenvalue weighted by Crippen LogP contribution is 2.26. The van der Waals surface area contributed by atoms with Crippen molar-refractivity contribution in [2.45, 2.75) is 4.90 Å². The third kappa shape index (κ3) is 5.52. The Hall–Kier alpha value is -1.89. The van der Waals surface area contributed by atoms with Crippen LogP contribution in [0.5, 0.6) is 0 Å². The Balaban J connectivity index is 2.48. The summed E-state index contributed by atoms with van der Waals surface area (Å²) in [4.78, 5) is 22.8. The van der Waals surface area contributed by atoms with E-state index in [1.165, 1.54) is 26.0 Å². The van der Waals surface area contributed by atoms with Gasteiger partial charge in [-0.05, 0) is 12.1 Å². The molecule has 0 saturated heterocycles. The van der Waals surface area contributed by atoms with E-state index in [2.05, 4.69) is 14.8 Å². The summed E-state index contributed by atoms with van der Waals surface area (Å²) in [6.07, 6.45) is -1.24. The fraction of sp³-hybridized carbons (Fsp3) is 0.333. The van der Waals surface area contributed by atoms with Crippen molar-refractivity contribution in [3.05, 3.63) is 24.3 Å². The van der Waals surface area contributed by atoms with Gasteiger partial charge in [0.15, 0.2) is 0 Å². The summed E-state index contributed by atoms with van der Waals surface area (Å²) in [6, 6.07) is 7.28. The minimum Gasteiger partial charge on any atom is -0.453 e. The zero-order valence-corrected chi connectivity index (χ0v) is 11.5. The number of carbonyl (C=O) groups excluding carboxylic acids is 2. The lowest BCUT2D eigenvalue weighted by Gasteiger charge is -2.09.